The summed E-state index contributed by atoms with van der Waals surface area (Å²) in [5, 5.41) is 17.1. The second-order valence-corrected chi connectivity index (χ2v) is 4.55. The maximum absolute atomic E-state index is 10.9. The molecule has 0 saturated carbocycles. The number of aliphatic carboxylic acids is 1. The van der Waals surface area contributed by atoms with Crippen molar-refractivity contribution in [2.75, 3.05) is 18.0 Å². The van der Waals surface area contributed by atoms with Crippen molar-refractivity contribution in [2.45, 2.75) is 12.8 Å². The van der Waals surface area contributed by atoms with Gasteiger partial charge in [0, 0.05) is 19.3 Å². The minimum atomic E-state index is -0.693. The molecular weight excluding hydrogens is 232 g/mol. The van der Waals surface area contributed by atoms with Crippen molar-refractivity contribution in [3.63, 3.8) is 0 Å². The van der Waals surface area contributed by atoms with Gasteiger partial charge in [-0.15, -0.1) is 10.2 Å². The van der Waals surface area contributed by atoms with E-state index in [4.69, 9.17) is 5.11 Å². The molecule has 3 heterocycles. The zero-order chi connectivity index (χ0) is 12.5. The van der Waals surface area contributed by atoms with Gasteiger partial charge >= 0.3 is 5.97 Å². The highest BCUT2D eigenvalue weighted by Crippen LogP contribution is 2.24. The molecule has 1 fully saturated rings. The molecule has 2 aromatic heterocycles. The van der Waals surface area contributed by atoms with Crippen molar-refractivity contribution < 1.29 is 9.90 Å². The molecule has 3 rings (SSSR count). The first kappa shape index (κ1) is 11.0. The SMILES string of the molecule is O=C(O)C1CCN(c2nncn3cccc23)CC1. The quantitative estimate of drug-likeness (QED) is 0.857. The predicted molar refractivity (Wildman–Crippen MR) is 65.6 cm³/mol. The largest absolute Gasteiger partial charge is 0.481 e. The number of anilines is 1. The molecule has 1 aliphatic heterocycles. The molecule has 0 aliphatic carbocycles. The van der Waals surface area contributed by atoms with Crippen LogP contribution in [-0.2, 0) is 4.79 Å². The van der Waals surface area contributed by atoms with E-state index in [0.29, 0.717) is 12.8 Å². The number of piperidine rings is 1. The van der Waals surface area contributed by atoms with Crippen molar-refractivity contribution in [1.82, 2.24) is 14.6 Å². The van der Waals surface area contributed by atoms with Gasteiger partial charge in [-0.2, -0.15) is 0 Å². The van der Waals surface area contributed by atoms with Crippen LogP contribution in [0.5, 0.6) is 0 Å². The first-order valence-electron chi connectivity index (χ1n) is 6.02. The average Bonchev–Trinajstić information content (AvgIpc) is 2.87. The van der Waals surface area contributed by atoms with Crippen LogP contribution in [0.1, 0.15) is 12.8 Å². The minimum Gasteiger partial charge on any atom is -0.481 e. The van der Waals surface area contributed by atoms with Crippen LogP contribution in [0.2, 0.25) is 0 Å². The van der Waals surface area contributed by atoms with Crippen LogP contribution in [0.4, 0.5) is 5.82 Å². The molecule has 2 aromatic rings. The fourth-order valence-electron chi connectivity index (χ4n) is 2.43. The highest BCUT2D eigenvalue weighted by Gasteiger charge is 2.26. The Morgan fingerprint density at radius 3 is 2.89 bits per heavy atom. The molecule has 0 bridgehead atoms. The Labute approximate surface area is 104 Å². The minimum absolute atomic E-state index is 0.222. The fraction of sp³-hybridized carbons (Fsp3) is 0.417. The molecule has 1 saturated heterocycles. The normalized spacial score (nSPS) is 17.2. The zero-order valence-corrected chi connectivity index (χ0v) is 9.86. The van der Waals surface area contributed by atoms with Gasteiger partial charge in [0.2, 0.25) is 0 Å². The number of rotatable bonds is 2. The lowest BCUT2D eigenvalue weighted by Gasteiger charge is -2.30. The Morgan fingerprint density at radius 1 is 1.39 bits per heavy atom. The van der Waals surface area contributed by atoms with E-state index in [1.54, 1.807) is 6.33 Å². The monoisotopic (exact) mass is 246 g/mol. The third-order valence-corrected chi connectivity index (χ3v) is 3.48. The van der Waals surface area contributed by atoms with Gasteiger partial charge in [0.1, 0.15) is 6.33 Å². The molecule has 1 N–H and O–H groups in total. The topological polar surface area (TPSA) is 70.7 Å². The molecule has 0 radical (unpaired) electrons. The van der Waals surface area contributed by atoms with Crippen LogP contribution in [0.15, 0.2) is 24.7 Å². The van der Waals surface area contributed by atoms with Crippen LogP contribution in [0.25, 0.3) is 5.52 Å². The smallest absolute Gasteiger partial charge is 0.306 e. The van der Waals surface area contributed by atoms with Gasteiger partial charge in [-0.05, 0) is 25.0 Å². The van der Waals surface area contributed by atoms with Crippen LogP contribution >= 0.6 is 0 Å². The van der Waals surface area contributed by atoms with Crippen molar-refractivity contribution in [2.24, 2.45) is 5.92 Å². The Balaban J connectivity index is 1.84. The fourth-order valence-corrected chi connectivity index (χ4v) is 2.43. The van der Waals surface area contributed by atoms with E-state index in [1.165, 1.54) is 0 Å². The van der Waals surface area contributed by atoms with Crippen molar-refractivity contribution >= 4 is 17.3 Å². The zero-order valence-electron chi connectivity index (χ0n) is 9.86. The molecule has 0 unspecified atom stereocenters. The van der Waals surface area contributed by atoms with Crippen LogP contribution in [0, 0.1) is 5.92 Å². The van der Waals surface area contributed by atoms with E-state index in [9.17, 15) is 4.79 Å². The highest BCUT2D eigenvalue weighted by atomic mass is 16.4. The number of fused-ring (bicyclic) bond motifs is 1. The lowest BCUT2D eigenvalue weighted by atomic mass is 9.97. The molecule has 18 heavy (non-hydrogen) atoms. The summed E-state index contributed by atoms with van der Waals surface area (Å²) in [5.41, 5.74) is 1.01. The highest BCUT2D eigenvalue weighted by molar-refractivity contribution is 5.72. The van der Waals surface area contributed by atoms with Crippen LogP contribution in [-0.4, -0.2) is 38.8 Å². The summed E-state index contributed by atoms with van der Waals surface area (Å²) in [6.45, 7) is 1.44. The number of hydrogen-bond donors (Lipinski definition) is 1. The van der Waals surface area contributed by atoms with Crippen LogP contribution in [0.3, 0.4) is 0 Å². The molecule has 6 nitrogen and oxygen atoms in total. The lowest BCUT2D eigenvalue weighted by molar-refractivity contribution is -0.142. The third kappa shape index (κ3) is 1.79. The molecule has 0 aromatic carbocycles. The first-order chi connectivity index (χ1) is 8.75. The van der Waals surface area contributed by atoms with Crippen LogP contribution < -0.4 is 4.90 Å². The average molecular weight is 246 g/mol. The van der Waals surface area contributed by atoms with E-state index in [2.05, 4.69) is 15.1 Å². The van der Waals surface area contributed by atoms with Gasteiger partial charge in [0.05, 0.1) is 11.4 Å². The summed E-state index contributed by atoms with van der Waals surface area (Å²) >= 11 is 0. The second kappa shape index (κ2) is 4.29. The maximum Gasteiger partial charge on any atom is 0.306 e. The lowest BCUT2D eigenvalue weighted by Crippen LogP contribution is -2.37. The Morgan fingerprint density at radius 2 is 2.17 bits per heavy atom. The van der Waals surface area contributed by atoms with E-state index < -0.39 is 5.97 Å². The number of carbonyl (C=O) groups is 1. The number of carboxylic acids is 1. The van der Waals surface area contributed by atoms with Crippen molar-refractivity contribution in [3.8, 4) is 0 Å². The maximum atomic E-state index is 10.9. The standard InChI is InChI=1S/C12H14N4O2/c17-12(18)9-3-6-15(7-4-9)11-10-2-1-5-16(10)8-13-14-11/h1-2,5,8-9H,3-4,6-7H2,(H,17,18). The Hall–Kier alpha value is -2.11. The van der Waals surface area contributed by atoms with Gasteiger partial charge < -0.3 is 14.4 Å². The van der Waals surface area contributed by atoms with E-state index in [0.717, 1.165) is 24.4 Å². The Bertz CT molecular complexity index is 572. The molecule has 0 spiro atoms. The van der Waals surface area contributed by atoms with E-state index in [1.807, 2.05) is 22.7 Å². The molecular formula is C12H14N4O2. The summed E-state index contributed by atoms with van der Waals surface area (Å²) in [6, 6.07) is 3.94. The van der Waals surface area contributed by atoms with Gasteiger partial charge in [-0.3, -0.25) is 4.79 Å². The second-order valence-electron chi connectivity index (χ2n) is 4.55. The predicted octanol–water partition coefficient (Wildman–Crippen LogP) is 1.03. The molecule has 0 amide bonds. The summed E-state index contributed by atoms with van der Waals surface area (Å²) in [6.07, 6.45) is 4.93. The number of hydrogen-bond acceptors (Lipinski definition) is 4. The van der Waals surface area contributed by atoms with Gasteiger partial charge in [-0.1, -0.05) is 0 Å². The Kier molecular flexibility index (Phi) is 2.62. The molecule has 6 heteroatoms. The van der Waals surface area contributed by atoms with Gasteiger partial charge in [0.15, 0.2) is 5.82 Å². The molecule has 94 valence electrons. The van der Waals surface area contributed by atoms with Gasteiger partial charge in [-0.25, -0.2) is 0 Å². The number of aromatic nitrogens is 3. The number of carboxylic acid groups (broad SMARTS) is 1. The van der Waals surface area contributed by atoms with Crippen molar-refractivity contribution in [1.29, 1.82) is 0 Å². The van der Waals surface area contributed by atoms with E-state index >= 15 is 0 Å². The molecule has 1 aliphatic rings. The van der Waals surface area contributed by atoms with E-state index in [-0.39, 0.29) is 5.92 Å². The summed E-state index contributed by atoms with van der Waals surface area (Å²) in [7, 11) is 0. The van der Waals surface area contributed by atoms with Crippen molar-refractivity contribution in [3.05, 3.63) is 24.7 Å². The first-order valence-corrected chi connectivity index (χ1v) is 6.02. The van der Waals surface area contributed by atoms with Gasteiger partial charge in [0.25, 0.3) is 0 Å². The number of nitrogens with zero attached hydrogens (tertiary/aromatic N) is 4. The summed E-state index contributed by atoms with van der Waals surface area (Å²) < 4.78 is 1.92. The third-order valence-electron chi connectivity index (χ3n) is 3.48. The summed E-state index contributed by atoms with van der Waals surface area (Å²) in [5.74, 6) is -0.0753. The molecule has 0 atom stereocenters. The summed E-state index contributed by atoms with van der Waals surface area (Å²) in [4.78, 5) is 13.0.